The van der Waals surface area contributed by atoms with Gasteiger partial charge in [0.05, 0.1) is 13.7 Å². The maximum absolute atomic E-state index is 13.2. The molecule has 6 heteroatoms. The summed E-state index contributed by atoms with van der Waals surface area (Å²) in [7, 11) is 1.37. The molecule has 2 heterocycles. The van der Waals surface area contributed by atoms with Crippen LogP contribution < -0.4 is 5.56 Å². The molecule has 0 bridgehead atoms. The zero-order valence-corrected chi connectivity index (χ0v) is 16.8. The molecule has 152 valence electrons. The van der Waals surface area contributed by atoms with Gasteiger partial charge < -0.3 is 13.9 Å². The van der Waals surface area contributed by atoms with E-state index < -0.39 is 0 Å². The minimum absolute atomic E-state index is 0.109. The third kappa shape index (κ3) is 3.64. The lowest BCUT2D eigenvalue weighted by molar-refractivity contribution is -0.141. The zero-order chi connectivity index (χ0) is 21.3. The standard InChI is InChI=1S/C24H21FN2O3/c1-16-24(20-5-3-4-6-21(20)27(16)15-23(29)30-2)18-9-12-22(28)26(14-18)13-17-7-10-19(25)11-8-17/h3-12,14H,13,15H2,1-2H3. The fourth-order valence-electron chi connectivity index (χ4n) is 3.78. The van der Waals surface area contributed by atoms with E-state index in [0.29, 0.717) is 6.54 Å². The molecular weight excluding hydrogens is 383 g/mol. The molecular formula is C24H21FN2O3. The van der Waals surface area contributed by atoms with Crippen LogP contribution in [0.25, 0.3) is 22.0 Å². The Morgan fingerprint density at radius 1 is 1.03 bits per heavy atom. The summed E-state index contributed by atoms with van der Waals surface area (Å²) in [5, 5.41) is 0.992. The van der Waals surface area contributed by atoms with Crippen LogP contribution in [-0.2, 0) is 22.6 Å². The van der Waals surface area contributed by atoms with Gasteiger partial charge in [-0.3, -0.25) is 9.59 Å². The van der Waals surface area contributed by atoms with Crippen molar-refractivity contribution >= 4 is 16.9 Å². The number of rotatable bonds is 5. The summed E-state index contributed by atoms with van der Waals surface area (Å²) in [6, 6.07) is 17.3. The van der Waals surface area contributed by atoms with Gasteiger partial charge >= 0.3 is 5.97 Å². The summed E-state index contributed by atoms with van der Waals surface area (Å²) in [5.74, 6) is -0.638. The Morgan fingerprint density at radius 3 is 2.50 bits per heavy atom. The Labute approximate surface area is 173 Å². The van der Waals surface area contributed by atoms with Gasteiger partial charge in [-0.1, -0.05) is 30.3 Å². The van der Waals surface area contributed by atoms with Crippen molar-refractivity contribution in [1.29, 1.82) is 0 Å². The van der Waals surface area contributed by atoms with E-state index in [0.717, 1.165) is 33.3 Å². The summed E-state index contributed by atoms with van der Waals surface area (Å²) in [5.41, 5.74) is 4.36. The minimum Gasteiger partial charge on any atom is -0.468 e. The molecule has 2 aromatic carbocycles. The second-order valence-corrected chi connectivity index (χ2v) is 7.15. The van der Waals surface area contributed by atoms with Crippen molar-refractivity contribution in [3.05, 3.63) is 94.3 Å². The smallest absolute Gasteiger partial charge is 0.325 e. The molecule has 0 aliphatic rings. The average molecular weight is 404 g/mol. The number of carbonyl (C=O) groups is 1. The highest BCUT2D eigenvalue weighted by Crippen LogP contribution is 2.34. The molecule has 0 amide bonds. The molecule has 4 aromatic rings. The number of pyridine rings is 1. The SMILES string of the molecule is COC(=O)Cn1c(C)c(-c2ccc(=O)n(Cc3ccc(F)cc3)c2)c2ccccc21. The summed E-state index contributed by atoms with van der Waals surface area (Å²) >= 11 is 0. The lowest BCUT2D eigenvalue weighted by Crippen LogP contribution is -2.19. The van der Waals surface area contributed by atoms with Gasteiger partial charge in [0, 0.05) is 40.0 Å². The predicted molar refractivity (Wildman–Crippen MR) is 114 cm³/mol. The third-order valence-electron chi connectivity index (χ3n) is 5.28. The van der Waals surface area contributed by atoms with Crippen molar-refractivity contribution in [2.24, 2.45) is 0 Å². The number of nitrogens with zero attached hydrogens (tertiary/aromatic N) is 2. The number of ether oxygens (including phenoxy) is 1. The van der Waals surface area contributed by atoms with Crippen LogP contribution in [0.4, 0.5) is 4.39 Å². The Morgan fingerprint density at radius 2 is 1.77 bits per heavy atom. The number of halogens is 1. The topological polar surface area (TPSA) is 53.2 Å². The average Bonchev–Trinajstić information content (AvgIpc) is 3.03. The van der Waals surface area contributed by atoms with E-state index in [1.807, 2.05) is 42.0 Å². The summed E-state index contributed by atoms with van der Waals surface area (Å²) in [6.45, 7) is 2.40. The largest absolute Gasteiger partial charge is 0.468 e. The molecule has 0 fully saturated rings. The first-order chi connectivity index (χ1) is 14.5. The quantitative estimate of drug-likeness (QED) is 0.470. The van der Waals surface area contributed by atoms with Gasteiger partial charge in [-0.15, -0.1) is 0 Å². The lowest BCUT2D eigenvalue weighted by atomic mass is 10.0. The molecule has 0 aliphatic carbocycles. The predicted octanol–water partition coefficient (Wildman–Crippen LogP) is 4.14. The van der Waals surface area contributed by atoms with Gasteiger partial charge in [0.15, 0.2) is 0 Å². The first kappa shape index (κ1) is 19.6. The maximum atomic E-state index is 13.2. The molecule has 0 unspecified atom stereocenters. The van der Waals surface area contributed by atoms with E-state index in [4.69, 9.17) is 4.74 Å². The number of methoxy groups -OCH3 is 1. The fourth-order valence-corrected chi connectivity index (χ4v) is 3.78. The number of hydrogen-bond donors (Lipinski definition) is 0. The van der Waals surface area contributed by atoms with E-state index in [-0.39, 0.29) is 23.9 Å². The lowest BCUT2D eigenvalue weighted by Gasteiger charge is -2.10. The van der Waals surface area contributed by atoms with Crippen LogP contribution in [0.5, 0.6) is 0 Å². The van der Waals surface area contributed by atoms with Crippen molar-refractivity contribution < 1.29 is 13.9 Å². The van der Waals surface area contributed by atoms with E-state index >= 15 is 0 Å². The Bertz CT molecular complexity index is 1290. The number of aromatic nitrogens is 2. The van der Waals surface area contributed by atoms with Crippen LogP contribution >= 0.6 is 0 Å². The van der Waals surface area contributed by atoms with Crippen molar-refractivity contribution in [1.82, 2.24) is 9.13 Å². The highest BCUT2D eigenvalue weighted by molar-refractivity contribution is 5.98. The van der Waals surface area contributed by atoms with E-state index in [2.05, 4.69) is 0 Å². The highest BCUT2D eigenvalue weighted by Gasteiger charge is 2.18. The molecule has 0 atom stereocenters. The molecule has 2 aromatic heterocycles. The molecule has 0 saturated heterocycles. The van der Waals surface area contributed by atoms with Crippen LogP contribution in [-0.4, -0.2) is 22.2 Å². The van der Waals surface area contributed by atoms with Crippen LogP contribution in [0.1, 0.15) is 11.3 Å². The summed E-state index contributed by atoms with van der Waals surface area (Å²) in [4.78, 5) is 24.4. The molecule has 5 nitrogen and oxygen atoms in total. The first-order valence-corrected chi connectivity index (χ1v) is 9.58. The van der Waals surface area contributed by atoms with Crippen LogP contribution in [0, 0.1) is 12.7 Å². The number of fused-ring (bicyclic) bond motifs is 1. The Kier molecular flexibility index (Phi) is 5.23. The molecule has 0 N–H and O–H groups in total. The van der Waals surface area contributed by atoms with Crippen LogP contribution in [0.2, 0.25) is 0 Å². The second kappa shape index (κ2) is 7.99. The highest BCUT2D eigenvalue weighted by atomic mass is 19.1. The number of para-hydroxylation sites is 1. The van der Waals surface area contributed by atoms with Gasteiger partial charge in [0.2, 0.25) is 0 Å². The fraction of sp³-hybridized carbons (Fsp3) is 0.167. The van der Waals surface area contributed by atoms with Crippen LogP contribution in [0.3, 0.4) is 0 Å². The van der Waals surface area contributed by atoms with Crippen LogP contribution in [0.15, 0.2) is 71.7 Å². The van der Waals surface area contributed by atoms with Gasteiger partial charge in [-0.05, 0) is 36.8 Å². The molecule has 30 heavy (non-hydrogen) atoms. The van der Waals surface area contributed by atoms with Crippen molar-refractivity contribution in [3.8, 4) is 11.1 Å². The van der Waals surface area contributed by atoms with Gasteiger partial charge in [-0.2, -0.15) is 0 Å². The molecule has 0 radical (unpaired) electrons. The number of hydrogen-bond acceptors (Lipinski definition) is 3. The minimum atomic E-state index is -0.327. The van der Waals surface area contributed by atoms with Gasteiger partial charge in [0.25, 0.3) is 5.56 Å². The maximum Gasteiger partial charge on any atom is 0.325 e. The normalized spacial score (nSPS) is 11.0. The van der Waals surface area contributed by atoms with Crippen molar-refractivity contribution in [3.63, 3.8) is 0 Å². The third-order valence-corrected chi connectivity index (χ3v) is 5.28. The molecule has 0 spiro atoms. The molecule has 0 aliphatic heterocycles. The molecule has 4 rings (SSSR count). The number of esters is 1. The molecule has 0 saturated carbocycles. The van der Waals surface area contributed by atoms with Crippen molar-refractivity contribution in [2.45, 2.75) is 20.0 Å². The van der Waals surface area contributed by atoms with Crippen molar-refractivity contribution in [2.75, 3.05) is 7.11 Å². The van der Waals surface area contributed by atoms with E-state index in [9.17, 15) is 14.0 Å². The van der Waals surface area contributed by atoms with Gasteiger partial charge in [-0.25, -0.2) is 4.39 Å². The second-order valence-electron chi connectivity index (χ2n) is 7.15. The van der Waals surface area contributed by atoms with Gasteiger partial charge in [0.1, 0.15) is 12.4 Å². The summed E-state index contributed by atoms with van der Waals surface area (Å²) in [6.07, 6.45) is 1.81. The van der Waals surface area contributed by atoms with E-state index in [1.165, 1.54) is 25.3 Å². The number of benzene rings is 2. The zero-order valence-electron chi connectivity index (χ0n) is 16.8. The monoisotopic (exact) mass is 404 g/mol. The van der Waals surface area contributed by atoms with E-state index in [1.54, 1.807) is 22.8 Å². The Balaban J connectivity index is 1.83. The first-order valence-electron chi connectivity index (χ1n) is 9.58. The number of carbonyl (C=O) groups excluding carboxylic acids is 1. The summed E-state index contributed by atoms with van der Waals surface area (Å²) < 4.78 is 21.6. The Hall–Kier alpha value is -3.67.